The monoisotopic (exact) mass is 334 g/mol. The normalized spacial score (nSPS) is 25.2. The molecule has 132 valence electrons. The van der Waals surface area contributed by atoms with Crippen LogP contribution in [0.4, 0.5) is 0 Å². The molecule has 3 heterocycles. The van der Waals surface area contributed by atoms with E-state index >= 15 is 0 Å². The van der Waals surface area contributed by atoms with Gasteiger partial charge < -0.3 is 19.6 Å². The van der Waals surface area contributed by atoms with Crippen molar-refractivity contribution >= 4 is 0 Å². The van der Waals surface area contributed by atoms with Gasteiger partial charge in [-0.2, -0.15) is 5.10 Å². The minimum Gasteiger partial charge on any atom is -0.463 e. The Morgan fingerprint density at radius 3 is 3.00 bits per heavy atom. The second kappa shape index (κ2) is 7.06. The molecule has 0 aromatic carbocycles. The van der Waals surface area contributed by atoms with E-state index in [0.29, 0.717) is 26.3 Å². The summed E-state index contributed by atoms with van der Waals surface area (Å²) < 4.78 is 12.9. The number of aliphatic hydroxyl groups excluding tert-OH is 1. The van der Waals surface area contributed by atoms with Gasteiger partial charge in [0.15, 0.2) is 5.76 Å². The first-order valence-electron chi connectivity index (χ1n) is 8.25. The first kappa shape index (κ1) is 17.2. The van der Waals surface area contributed by atoms with Crippen LogP contribution in [0.1, 0.15) is 12.6 Å². The zero-order chi connectivity index (χ0) is 17.2. The lowest BCUT2D eigenvalue weighted by molar-refractivity contribution is -0.106. The third-order valence-electron chi connectivity index (χ3n) is 4.94. The molecule has 7 heteroatoms. The molecule has 0 saturated carbocycles. The fraction of sp³-hybridized carbons (Fsp3) is 0.588. The van der Waals surface area contributed by atoms with Gasteiger partial charge in [0.05, 0.1) is 37.3 Å². The van der Waals surface area contributed by atoms with Crippen LogP contribution in [0, 0.1) is 0 Å². The lowest BCUT2D eigenvalue weighted by atomic mass is 9.96. The number of nitrogens with one attached hydrogen (secondary N) is 1. The number of hydrogen-bond donors (Lipinski definition) is 2. The van der Waals surface area contributed by atoms with Gasteiger partial charge in [0.25, 0.3) is 0 Å². The zero-order valence-electron chi connectivity index (χ0n) is 14.5. The number of aliphatic hydroxyl groups is 1. The van der Waals surface area contributed by atoms with E-state index < -0.39 is 0 Å². The highest BCUT2D eigenvalue weighted by Crippen LogP contribution is 2.22. The number of nitrogens with zero attached hydrogens (tertiary/aromatic N) is 3. The molecule has 7 nitrogen and oxygen atoms in total. The summed E-state index contributed by atoms with van der Waals surface area (Å²) in [6, 6.07) is 6.06. The topological polar surface area (TPSA) is 75.7 Å². The van der Waals surface area contributed by atoms with Crippen molar-refractivity contribution < 1.29 is 14.3 Å². The largest absolute Gasteiger partial charge is 0.463 e. The average molecular weight is 334 g/mol. The number of hydrogen-bond acceptors (Lipinski definition) is 6. The summed E-state index contributed by atoms with van der Waals surface area (Å²) in [7, 11) is 3.97. The van der Waals surface area contributed by atoms with Gasteiger partial charge >= 0.3 is 0 Å². The Kier molecular flexibility index (Phi) is 5.05. The molecule has 0 unspecified atom stereocenters. The van der Waals surface area contributed by atoms with Crippen molar-refractivity contribution in [1.29, 1.82) is 0 Å². The van der Waals surface area contributed by atoms with Crippen LogP contribution in [0.3, 0.4) is 0 Å². The SMILES string of the molecule is C[C@@H]1COC[C@@](CO)(CNCc2cc(-c3ccco3)nn2C)N1C. The minimum atomic E-state index is -0.389. The molecule has 0 radical (unpaired) electrons. The summed E-state index contributed by atoms with van der Waals surface area (Å²) in [5.74, 6) is 0.762. The van der Waals surface area contributed by atoms with Crippen molar-refractivity contribution in [2.24, 2.45) is 7.05 Å². The predicted molar refractivity (Wildman–Crippen MR) is 90.5 cm³/mol. The van der Waals surface area contributed by atoms with Gasteiger partial charge in [-0.05, 0) is 32.2 Å². The van der Waals surface area contributed by atoms with E-state index in [9.17, 15) is 5.11 Å². The molecule has 24 heavy (non-hydrogen) atoms. The molecule has 2 aromatic rings. The zero-order valence-corrected chi connectivity index (χ0v) is 14.5. The maximum absolute atomic E-state index is 9.92. The van der Waals surface area contributed by atoms with Crippen molar-refractivity contribution in [2.45, 2.75) is 25.0 Å². The van der Waals surface area contributed by atoms with Gasteiger partial charge in [-0.3, -0.25) is 9.58 Å². The van der Waals surface area contributed by atoms with Crippen molar-refractivity contribution in [3.05, 3.63) is 30.2 Å². The van der Waals surface area contributed by atoms with Gasteiger partial charge in [-0.1, -0.05) is 0 Å². The predicted octanol–water partition coefficient (Wildman–Crippen LogP) is 0.851. The highest BCUT2D eigenvalue weighted by atomic mass is 16.5. The highest BCUT2D eigenvalue weighted by molar-refractivity contribution is 5.51. The summed E-state index contributed by atoms with van der Waals surface area (Å²) in [6.45, 7) is 4.71. The quantitative estimate of drug-likeness (QED) is 0.816. The summed E-state index contributed by atoms with van der Waals surface area (Å²) in [5, 5.41) is 17.8. The molecule has 1 saturated heterocycles. The first-order chi connectivity index (χ1) is 11.6. The molecule has 2 aromatic heterocycles. The molecule has 3 rings (SSSR count). The Balaban J connectivity index is 1.63. The first-order valence-corrected chi connectivity index (χ1v) is 8.25. The Hall–Kier alpha value is -1.67. The second-order valence-electron chi connectivity index (χ2n) is 6.58. The Morgan fingerprint density at radius 1 is 1.46 bits per heavy atom. The van der Waals surface area contributed by atoms with Crippen LogP contribution in [0.15, 0.2) is 28.9 Å². The number of likely N-dealkylation sites (N-methyl/N-ethyl adjacent to an activating group) is 1. The van der Waals surface area contributed by atoms with Gasteiger partial charge in [-0.15, -0.1) is 0 Å². The summed E-state index contributed by atoms with van der Waals surface area (Å²) in [6.07, 6.45) is 1.65. The van der Waals surface area contributed by atoms with E-state index in [0.717, 1.165) is 17.1 Å². The highest BCUT2D eigenvalue weighted by Gasteiger charge is 2.40. The summed E-state index contributed by atoms with van der Waals surface area (Å²) >= 11 is 0. The lowest BCUT2D eigenvalue weighted by Crippen LogP contribution is -2.65. The van der Waals surface area contributed by atoms with Crippen molar-refractivity contribution in [2.75, 3.05) is 33.4 Å². The fourth-order valence-corrected chi connectivity index (χ4v) is 3.13. The molecule has 1 aliphatic heterocycles. The number of aromatic nitrogens is 2. The maximum atomic E-state index is 9.92. The van der Waals surface area contributed by atoms with Crippen LogP contribution in [-0.4, -0.2) is 64.8 Å². The van der Waals surface area contributed by atoms with Crippen LogP contribution in [0.5, 0.6) is 0 Å². The number of ether oxygens (including phenoxy) is 1. The standard InChI is InChI=1S/C17H26N4O3/c1-13-9-23-12-17(11-22,20(13)2)10-18-8-14-7-15(19-21(14)3)16-5-4-6-24-16/h4-7,13,18,22H,8-12H2,1-3H3/t13-,17+/m1/s1. The van der Waals surface area contributed by atoms with Crippen LogP contribution >= 0.6 is 0 Å². The smallest absolute Gasteiger partial charge is 0.154 e. The number of aryl methyl sites for hydroxylation is 1. The van der Waals surface area contributed by atoms with E-state index in [2.05, 4.69) is 22.2 Å². The number of furan rings is 1. The Morgan fingerprint density at radius 2 is 2.29 bits per heavy atom. The average Bonchev–Trinajstić information content (AvgIpc) is 3.22. The molecule has 2 N–H and O–H groups in total. The number of rotatable bonds is 6. The van der Waals surface area contributed by atoms with Crippen LogP contribution in [0.25, 0.3) is 11.5 Å². The van der Waals surface area contributed by atoms with Gasteiger partial charge in [0.2, 0.25) is 0 Å². The molecule has 2 atom stereocenters. The van der Waals surface area contributed by atoms with E-state index in [1.54, 1.807) is 6.26 Å². The van der Waals surface area contributed by atoms with Crippen LogP contribution in [-0.2, 0) is 18.3 Å². The van der Waals surface area contributed by atoms with Gasteiger partial charge in [0, 0.05) is 26.2 Å². The van der Waals surface area contributed by atoms with Crippen molar-refractivity contribution in [3.8, 4) is 11.5 Å². The van der Waals surface area contributed by atoms with E-state index in [-0.39, 0.29) is 18.2 Å². The van der Waals surface area contributed by atoms with Crippen LogP contribution < -0.4 is 5.32 Å². The molecular formula is C17H26N4O3. The molecule has 0 bridgehead atoms. The van der Waals surface area contributed by atoms with Gasteiger partial charge in [0.1, 0.15) is 5.69 Å². The molecule has 1 aliphatic rings. The third kappa shape index (κ3) is 3.25. The third-order valence-corrected chi connectivity index (χ3v) is 4.94. The Bertz CT molecular complexity index is 655. The molecule has 0 amide bonds. The molecule has 0 aliphatic carbocycles. The molecule has 0 spiro atoms. The maximum Gasteiger partial charge on any atom is 0.154 e. The van der Waals surface area contributed by atoms with E-state index in [1.807, 2.05) is 37.0 Å². The lowest BCUT2D eigenvalue weighted by Gasteiger charge is -2.47. The van der Waals surface area contributed by atoms with Crippen molar-refractivity contribution in [1.82, 2.24) is 20.0 Å². The molecular weight excluding hydrogens is 308 g/mol. The van der Waals surface area contributed by atoms with E-state index in [4.69, 9.17) is 9.15 Å². The molecule has 1 fully saturated rings. The fourth-order valence-electron chi connectivity index (χ4n) is 3.13. The summed E-state index contributed by atoms with van der Waals surface area (Å²) in [4.78, 5) is 2.21. The summed E-state index contributed by atoms with van der Waals surface area (Å²) in [5.41, 5.74) is 1.49. The minimum absolute atomic E-state index is 0.0594. The Labute approximate surface area is 142 Å². The van der Waals surface area contributed by atoms with E-state index in [1.165, 1.54) is 0 Å². The second-order valence-corrected chi connectivity index (χ2v) is 6.58. The van der Waals surface area contributed by atoms with Crippen LogP contribution in [0.2, 0.25) is 0 Å². The van der Waals surface area contributed by atoms with Gasteiger partial charge in [-0.25, -0.2) is 0 Å². The van der Waals surface area contributed by atoms with Crippen molar-refractivity contribution in [3.63, 3.8) is 0 Å². The number of morpholine rings is 1.